The second kappa shape index (κ2) is 10.9. The van der Waals surface area contributed by atoms with Crippen molar-refractivity contribution in [1.82, 2.24) is 0 Å². The molecule has 0 aliphatic rings. The van der Waals surface area contributed by atoms with Gasteiger partial charge in [-0.25, -0.2) is 0 Å². The molecule has 1 aromatic heterocycles. The molecule has 0 fully saturated rings. The quantitative estimate of drug-likeness (QED) is 0.137. The van der Waals surface area contributed by atoms with Crippen LogP contribution in [0.1, 0.15) is 0 Å². The predicted octanol–water partition coefficient (Wildman–Crippen LogP) is 14.3. The van der Waals surface area contributed by atoms with E-state index in [2.05, 4.69) is 182 Å². The minimum absolute atomic E-state index is 0.937. The van der Waals surface area contributed by atoms with E-state index in [1.54, 1.807) is 0 Å². The maximum absolute atomic E-state index is 6.37. The summed E-state index contributed by atoms with van der Waals surface area (Å²) in [5, 5.41) is 12.3. The molecule has 0 radical (unpaired) electrons. The molecular weight excluding hydrogens is 617 g/mol. The molecule has 0 aliphatic carbocycles. The van der Waals surface area contributed by atoms with Gasteiger partial charge in [-0.1, -0.05) is 152 Å². The number of rotatable bonds is 4. The molecule has 0 saturated carbocycles. The lowest BCUT2D eigenvalue weighted by Gasteiger charge is -2.20. The maximum Gasteiger partial charge on any atom is 0.136 e. The van der Waals surface area contributed by atoms with Gasteiger partial charge in [0, 0.05) is 10.8 Å². The summed E-state index contributed by atoms with van der Waals surface area (Å²) >= 11 is 0. The van der Waals surface area contributed by atoms with Crippen molar-refractivity contribution in [2.24, 2.45) is 0 Å². The minimum atomic E-state index is 0.937. The van der Waals surface area contributed by atoms with E-state index >= 15 is 0 Å². The molecule has 0 bridgehead atoms. The summed E-state index contributed by atoms with van der Waals surface area (Å²) in [5.41, 5.74) is 11.8. The molecule has 0 amide bonds. The SMILES string of the molecule is c1ccc(-c2cccc(-c3ccc4cccc(-c5c6ccccc6c(-c6ccc7oc8cccc9ccc6c7c98)c6ccccc56)c4c3)c2)cc1. The van der Waals surface area contributed by atoms with Gasteiger partial charge in [-0.05, 0) is 118 Å². The van der Waals surface area contributed by atoms with Gasteiger partial charge in [0.15, 0.2) is 0 Å². The van der Waals surface area contributed by atoms with E-state index in [-0.39, 0.29) is 0 Å². The van der Waals surface area contributed by atoms with Crippen LogP contribution in [0.15, 0.2) is 186 Å². The number of hydrogen-bond acceptors (Lipinski definition) is 1. The zero-order valence-electron chi connectivity index (χ0n) is 27.7. The van der Waals surface area contributed by atoms with Crippen LogP contribution in [-0.2, 0) is 0 Å². The molecule has 1 heteroatoms. The normalized spacial score (nSPS) is 11.9. The summed E-state index contributed by atoms with van der Waals surface area (Å²) in [5.74, 6) is 0. The van der Waals surface area contributed by atoms with Crippen LogP contribution in [0.4, 0.5) is 0 Å². The summed E-state index contributed by atoms with van der Waals surface area (Å²) in [6.45, 7) is 0. The van der Waals surface area contributed by atoms with Gasteiger partial charge in [0.05, 0.1) is 0 Å². The molecule has 0 spiro atoms. The Labute approximate surface area is 295 Å². The predicted molar refractivity (Wildman–Crippen MR) is 217 cm³/mol. The second-order valence-corrected chi connectivity index (χ2v) is 13.6. The summed E-state index contributed by atoms with van der Waals surface area (Å²) in [4.78, 5) is 0. The maximum atomic E-state index is 6.37. The van der Waals surface area contributed by atoms with Crippen molar-refractivity contribution in [2.45, 2.75) is 0 Å². The van der Waals surface area contributed by atoms with Crippen molar-refractivity contribution in [3.05, 3.63) is 182 Å². The highest BCUT2D eigenvalue weighted by atomic mass is 16.3. The zero-order valence-corrected chi connectivity index (χ0v) is 27.7. The first kappa shape index (κ1) is 28.2. The minimum Gasteiger partial charge on any atom is -0.456 e. The number of benzene rings is 10. The van der Waals surface area contributed by atoms with Gasteiger partial charge in [0.2, 0.25) is 0 Å². The Kier molecular flexibility index (Phi) is 6.02. The molecule has 1 heterocycles. The summed E-state index contributed by atoms with van der Waals surface area (Å²) < 4.78 is 6.37. The van der Waals surface area contributed by atoms with Crippen molar-refractivity contribution < 1.29 is 4.42 Å². The fourth-order valence-corrected chi connectivity index (χ4v) is 8.55. The molecule has 236 valence electrons. The first-order valence-corrected chi connectivity index (χ1v) is 17.6. The molecular formula is C50H30O. The first-order chi connectivity index (χ1) is 25.3. The van der Waals surface area contributed by atoms with Crippen molar-refractivity contribution >= 4 is 65.0 Å². The molecule has 10 aromatic carbocycles. The number of furan rings is 1. The van der Waals surface area contributed by atoms with Gasteiger partial charge in [-0.3, -0.25) is 0 Å². The van der Waals surface area contributed by atoms with Crippen molar-refractivity contribution in [3.8, 4) is 44.5 Å². The van der Waals surface area contributed by atoms with E-state index in [9.17, 15) is 0 Å². The third-order valence-corrected chi connectivity index (χ3v) is 10.8. The van der Waals surface area contributed by atoms with E-state index in [1.807, 2.05) is 0 Å². The summed E-state index contributed by atoms with van der Waals surface area (Å²) in [7, 11) is 0. The molecule has 0 atom stereocenters. The van der Waals surface area contributed by atoms with Crippen LogP contribution in [0, 0.1) is 0 Å². The van der Waals surface area contributed by atoms with Crippen LogP contribution < -0.4 is 0 Å². The lowest BCUT2D eigenvalue weighted by molar-refractivity contribution is 0.669. The smallest absolute Gasteiger partial charge is 0.136 e. The lowest BCUT2D eigenvalue weighted by Crippen LogP contribution is -1.92. The average Bonchev–Trinajstić information content (AvgIpc) is 3.59. The lowest BCUT2D eigenvalue weighted by atomic mass is 9.83. The van der Waals surface area contributed by atoms with Gasteiger partial charge in [0.25, 0.3) is 0 Å². The van der Waals surface area contributed by atoms with Crippen LogP contribution in [0.3, 0.4) is 0 Å². The molecule has 11 aromatic rings. The third-order valence-electron chi connectivity index (χ3n) is 10.8. The molecule has 51 heavy (non-hydrogen) atoms. The fourth-order valence-electron chi connectivity index (χ4n) is 8.55. The molecule has 1 nitrogen and oxygen atoms in total. The average molecular weight is 647 g/mol. The largest absolute Gasteiger partial charge is 0.456 e. The van der Waals surface area contributed by atoms with Crippen molar-refractivity contribution in [2.75, 3.05) is 0 Å². The Balaban J connectivity index is 1.18. The molecule has 11 rings (SSSR count). The topological polar surface area (TPSA) is 13.1 Å². The molecule has 0 saturated heterocycles. The highest BCUT2D eigenvalue weighted by Gasteiger charge is 2.21. The second-order valence-electron chi connectivity index (χ2n) is 13.6. The van der Waals surface area contributed by atoms with Gasteiger partial charge in [-0.2, -0.15) is 0 Å². The number of hydrogen-bond donors (Lipinski definition) is 0. The van der Waals surface area contributed by atoms with Gasteiger partial charge < -0.3 is 4.42 Å². The van der Waals surface area contributed by atoms with Crippen molar-refractivity contribution in [3.63, 3.8) is 0 Å². The van der Waals surface area contributed by atoms with Gasteiger partial charge in [-0.15, -0.1) is 0 Å². The molecule has 0 N–H and O–H groups in total. The summed E-state index contributed by atoms with van der Waals surface area (Å²) in [6, 6.07) is 66.4. The monoisotopic (exact) mass is 646 g/mol. The standard InChI is InChI=1S/C50H30O/c1-2-11-31(12-3-1)34-15-8-16-35(29-34)36-24-23-32-13-9-21-41(44(32)30-36)48-37-17-4-6-19-39(37)49(40-20-7-5-18-38(40)48)42-27-28-46-50-43(42)26-25-33-14-10-22-45(51-46)47(33)50/h1-30H. The van der Waals surface area contributed by atoms with Crippen LogP contribution in [0.2, 0.25) is 0 Å². The van der Waals surface area contributed by atoms with E-state index in [4.69, 9.17) is 4.42 Å². The van der Waals surface area contributed by atoms with E-state index < -0.39 is 0 Å². The first-order valence-electron chi connectivity index (χ1n) is 17.6. The molecule has 0 unspecified atom stereocenters. The fraction of sp³-hybridized carbons (Fsp3) is 0. The Morgan fingerprint density at radius 2 is 0.824 bits per heavy atom. The Morgan fingerprint density at radius 3 is 1.57 bits per heavy atom. The van der Waals surface area contributed by atoms with Crippen LogP contribution in [-0.4, -0.2) is 0 Å². The third kappa shape index (κ3) is 4.22. The Morgan fingerprint density at radius 1 is 0.275 bits per heavy atom. The zero-order chi connectivity index (χ0) is 33.5. The van der Waals surface area contributed by atoms with E-state index in [0.717, 1.165) is 11.2 Å². The van der Waals surface area contributed by atoms with Gasteiger partial charge in [0.1, 0.15) is 11.2 Å². The van der Waals surface area contributed by atoms with Crippen LogP contribution in [0.25, 0.3) is 110 Å². The van der Waals surface area contributed by atoms with Gasteiger partial charge >= 0.3 is 0 Å². The highest BCUT2D eigenvalue weighted by molar-refractivity contribution is 6.29. The highest BCUT2D eigenvalue weighted by Crippen LogP contribution is 2.49. The summed E-state index contributed by atoms with van der Waals surface area (Å²) in [6.07, 6.45) is 0. The number of fused-ring (bicyclic) bond motifs is 3. The van der Waals surface area contributed by atoms with Crippen LogP contribution in [0.5, 0.6) is 0 Å². The van der Waals surface area contributed by atoms with E-state index in [1.165, 1.54) is 98.4 Å². The Hall–Kier alpha value is -6.70. The molecule has 0 aliphatic heterocycles. The van der Waals surface area contributed by atoms with E-state index in [0.29, 0.717) is 0 Å². The Bertz CT molecular complexity index is 3070. The van der Waals surface area contributed by atoms with Crippen LogP contribution >= 0.6 is 0 Å². The van der Waals surface area contributed by atoms with Crippen molar-refractivity contribution in [1.29, 1.82) is 0 Å².